The number of ether oxygens (including phenoxy) is 1. The fraction of sp³-hybridized carbons (Fsp3) is 0.263. The Kier molecular flexibility index (Phi) is 6.73. The molecule has 0 fully saturated rings. The Labute approximate surface area is 155 Å². The van der Waals surface area contributed by atoms with E-state index in [1.54, 1.807) is 31.4 Å². The zero-order valence-electron chi connectivity index (χ0n) is 14.4. The number of carbonyl (C=O) groups excluding carboxylic acids is 2. The fourth-order valence-electron chi connectivity index (χ4n) is 2.31. The fourth-order valence-corrected chi connectivity index (χ4v) is 2.87. The van der Waals surface area contributed by atoms with Gasteiger partial charge in [-0.1, -0.05) is 6.07 Å². The Morgan fingerprint density at radius 1 is 1.16 bits per heavy atom. The van der Waals surface area contributed by atoms with Gasteiger partial charge in [0.1, 0.15) is 5.75 Å². The molecule has 0 saturated heterocycles. The van der Waals surface area contributed by atoms with Gasteiger partial charge in [0.05, 0.1) is 18.1 Å². The van der Waals surface area contributed by atoms with Crippen molar-refractivity contribution in [1.29, 1.82) is 0 Å². The molecular weight excluding hydrogens is 384 g/mol. The predicted octanol–water partition coefficient (Wildman–Crippen LogP) is 3.95. The summed E-state index contributed by atoms with van der Waals surface area (Å²) in [6, 6.07) is 12.7. The van der Waals surface area contributed by atoms with Crippen molar-refractivity contribution in [2.24, 2.45) is 0 Å². The second-order valence-electron chi connectivity index (χ2n) is 5.68. The van der Waals surface area contributed by atoms with Crippen LogP contribution in [0.4, 0.5) is 5.69 Å². The monoisotopic (exact) mass is 404 g/mol. The van der Waals surface area contributed by atoms with E-state index in [-0.39, 0.29) is 24.3 Å². The van der Waals surface area contributed by atoms with Crippen LogP contribution in [-0.2, 0) is 4.79 Å². The highest BCUT2D eigenvalue weighted by molar-refractivity contribution is 9.10. The van der Waals surface area contributed by atoms with Gasteiger partial charge in [-0.15, -0.1) is 0 Å². The van der Waals surface area contributed by atoms with E-state index in [0.717, 1.165) is 15.8 Å². The second-order valence-corrected chi connectivity index (χ2v) is 6.53. The summed E-state index contributed by atoms with van der Waals surface area (Å²) in [5, 5.41) is 5.99. The summed E-state index contributed by atoms with van der Waals surface area (Å²) in [6.07, 6.45) is 0. The molecule has 1 amide bonds. The first-order valence-electron chi connectivity index (χ1n) is 7.88. The van der Waals surface area contributed by atoms with Gasteiger partial charge in [0.25, 0.3) is 0 Å². The minimum absolute atomic E-state index is 0.000907. The zero-order valence-corrected chi connectivity index (χ0v) is 16.0. The maximum Gasteiger partial charge on any atom is 0.238 e. The van der Waals surface area contributed by atoms with Crippen molar-refractivity contribution >= 4 is 33.3 Å². The third-order valence-electron chi connectivity index (χ3n) is 3.82. The van der Waals surface area contributed by atoms with Gasteiger partial charge < -0.3 is 15.4 Å². The molecule has 1 atom stereocenters. The summed E-state index contributed by atoms with van der Waals surface area (Å²) in [5.74, 6) is 0.622. The van der Waals surface area contributed by atoms with Crippen LogP contribution in [0.1, 0.15) is 35.8 Å². The van der Waals surface area contributed by atoms with E-state index < -0.39 is 0 Å². The molecule has 2 aromatic rings. The summed E-state index contributed by atoms with van der Waals surface area (Å²) >= 11 is 3.46. The summed E-state index contributed by atoms with van der Waals surface area (Å²) in [7, 11) is 1.62. The van der Waals surface area contributed by atoms with Gasteiger partial charge in [-0.25, -0.2) is 0 Å². The smallest absolute Gasteiger partial charge is 0.238 e. The van der Waals surface area contributed by atoms with Crippen LogP contribution in [0.2, 0.25) is 0 Å². The number of halogens is 1. The molecule has 0 aliphatic heterocycles. The van der Waals surface area contributed by atoms with Crippen LogP contribution in [-0.4, -0.2) is 25.3 Å². The topological polar surface area (TPSA) is 67.4 Å². The highest BCUT2D eigenvalue weighted by Crippen LogP contribution is 2.27. The Bertz CT molecular complexity index is 760. The van der Waals surface area contributed by atoms with Crippen LogP contribution in [0.5, 0.6) is 5.75 Å². The maximum atomic E-state index is 12.1. The number of carbonyl (C=O) groups is 2. The predicted molar refractivity (Wildman–Crippen MR) is 102 cm³/mol. The molecule has 6 heteroatoms. The lowest BCUT2D eigenvalue weighted by Gasteiger charge is -2.15. The van der Waals surface area contributed by atoms with Gasteiger partial charge in [0.2, 0.25) is 5.91 Å². The first kappa shape index (κ1) is 19.1. The number of rotatable bonds is 7. The van der Waals surface area contributed by atoms with Crippen molar-refractivity contribution in [1.82, 2.24) is 5.32 Å². The first-order valence-corrected chi connectivity index (χ1v) is 8.67. The van der Waals surface area contributed by atoms with E-state index in [1.807, 2.05) is 25.1 Å². The molecule has 0 saturated carbocycles. The molecule has 25 heavy (non-hydrogen) atoms. The number of hydrogen-bond acceptors (Lipinski definition) is 4. The third kappa shape index (κ3) is 5.41. The third-order valence-corrected chi connectivity index (χ3v) is 4.44. The van der Waals surface area contributed by atoms with Gasteiger partial charge in [-0.05, 0) is 71.7 Å². The maximum absolute atomic E-state index is 12.1. The molecule has 0 aliphatic rings. The van der Waals surface area contributed by atoms with Crippen LogP contribution in [0.25, 0.3) is 0 Å². The van der Waals surface area contributed by atoms with Gasteiger partial charge >= 0.3 is 0 Å². The van der Waals surface area contributed by atoms with Gasteiger partial charge in [0.15, 0.2) is 5.78 Å². The number of Topliss-reactive ketones (excluding diaryl/α,β-unsaturated/α-hetero) is 1. The summed E-state index contributed by atoms with van der Waals surface area (Å²) in [5.41, 5.74) is 2.33. The molecule has 0 radical (unpaired) electrons. The Balaban J connectivity index is 1.88. The average Bonchev–Trinajstić information content (AvgIpc) is 2.60. The molecule has 0 bridgehead atoms. The van der Waals surface area contributed by atoms with Crippen molar-refractivity contribution < 1.29 is 14.3 Å². The average molecular weight is 405 g/mol. The van der Waals surface area contributed by atoms with Crippen molar-refractivity contribution in [2.45, 2.75) is 19.9 Å². The van der Waals surface area contributed by atoms with Crippen LogP contribution < -0.4 is 15.4 Å². The normalized spacial score (nSPS) is 11.7. The van der Waals surface area contributed by atoms with E-state index in [0.29, 0.717) is 11.3 Å². The summed E-state index contributed by atoms with van der Waals surface area (Å²) in [4.78, 5) is 23.3. The molecule has 5 nitrogen and oxygen atoms in total. The molecule has 2 N–H and O–H groups in total. The molecule has 0 unspecified atom stereocenters. The molecule has 132 valence electrons. The van der Waals surface area contributed by atoms with E-state index in [4.69, 9.17) is 4.74 Å². The van der Waals surface area contributed by atoms with Crippen molar-refractivity contribution in [2.75, 3.05) is 19.0 Å². The van der Waals surface area contributed by atoms with Crippen LogP contribution >= 0.6 is 15.9 Å². The molecule has 2 aromatic carbocycles. The standard InChI is InChI=1S/C19H21BrN2O3/c1-12(15-6-9-18(25-3)17(20)10-15)21-11-19(24)22-16-7-4-14(5-8-16)13(2)23/h4-10,12,21H,11H2,1-3H3,(H,22,24)/t12-/m1/s1. The van der Waals surface area contributed by atoms with Crippen molar-refractivity contribution in [3.8, 4) is 5.75 Å². The number of nitrogens with one attached hydrogen (secondary N) is 2. The number of ketones is 1. The molecule has 0 aliphatic carbocycles. The molecular formula is C19H21BrN2O3. The van der Waals surface area contributed by atoms with E-state index in [9.17, 15) is 9.59 Å². The summed E-state index contributed by atoms with van der Waals surface area (Å²) in [6.45, 7) is 3.68. The van der Waals surface area contributed by atoms with Crippen molar-refractivity contribution in [3.63, 3.8) is 0 Å². The Morgan fingerprint density at radius 2 is 1.84 bits per heavy atom. The SMILES string of the molecule is COc1ccc([C@@H](C)NCC(=O)Nc2ccc(C(C)=O)cc2)cc1Br. The molecule has 0 heterocycles. The Hall–Kier alpha value is -2.18. The highest BCUT2D eigenvalue weighted by atomic mass is 79.9. The lowest BCUT2D eigenvalue weighted by Crippen LogP contribution is -2.30. The van der Waals surface area contributed by atoms with Gasteiger partial charge in [0, 0.05) is 17.3 Å². The van der Waals surface area contributed by atoms with Crippen LogP contribution in [0.15, 0.2) is 46.9 Å². The quantitative estimate of drug-likeness (QED) is 0.685. The van der Waals surface area contributed by atoms with Crippen molar-refractivity contribution in [3.05, 3.63) is 58.1 Å². The minimum atomic E-state index is -0.144. The molecule has 0 aromatic heterocycles. The number of benzene rings is 2. The zero-order chi connectivity index (χ0) is 18.4. The number of anilines is 1. The largest absolute Gasteiger partial charge is 0.496 e. The molecule has 2 rings (SSSR count). The number of amides is 1. The van der Waals surface area contributed by atoms with Gasteiger partial charge in [-0.2, -0.15) is 0 Å². The first-order chi connectivity index (χ1) is 11.9. The van der Waals surface area contributed by atoms with E-state index in [1.165, 1.54) is 6.92 Å². The Morgan fingerprint density at radius 3 is 2.40 bits per heavy atom. The number of methoxy groups -OCH3 is 1. The molecule has 0 spiro atoms. The minimum Gasteiger partial charge on any atom is -0.496 e. The lowest BCUT2D eigenvalue weighted by molar-refractivity contribution is -0.115. The van der Waals surface area contributed by atoms with E-state index in [2.05, 4.69) is 26.6 Å². The van der Waals surface area contributed by atoms with Crippen LogP contribution in [0, 0.1) is 0 Å². The lowest BCUT2D eigenvalue weighted by atomic mass is 10.1. The van der Waals surface area contributed by atoms with Gasteiger partial charge in [-0.3, -0.25) is 9.59 Å². The highest BCUT2D eigenvalue weighted by Gasteiger charge is 2.10. The second kappa shape index (κ2) is 8.78. The number of hydrogen-bond donors (Lipinski definition) is 2. The summed E-state index contributed by atoms with van der Waals surface area (Å²) < 4.78 is 6.09. The van der Waals surface area contributed by atoms with Crippen LogP contribution in [0.3, 0.4) is 0 Å². The van der Waals surface area contributed by atoms with E-state index >= 15 is 0 Å².